The molecule has 1 atom stereocenters. The first kappa shape index (κ1) is 14.9. The molecule has 1 N–H and O–H groups in total. The average molecular weight is 302 g/mol. The van der Waals surface area contributed by atoms with Crippen molar-refractivity contribution < 1.29 is 8.42 Å². The topological polar surface area (TPSA) is 59.1 Å². The van der Waals surface area contributed by atoms with Gasteiger partial charge in [-0.05, 0) is 45.2 Å². The van der Waals surface area contributed by atoms with Gasteiger partial charge < -0.3 is 5.32 Å². The van der Waals surface area contributed by atoms with Gasteiger partial charge in [0, 0.05) is 17.5 Å². The molecule has 4 nitrogen and oxygen atoms in total. The molecule has 1 unspecified atom stereocenters. The highest BCUT2D eigenvalue weighted by atomic mass is 32.2. The molecule has 2 heterocycles. The smallest absolute Gasteiger partial charge is 0.150 e. The second kappa shape index (κ2) is 6.81. The second-order valence-electron chi connectivity index (χ2n) is 5.25. The molecule has 0 aromatic carbocycles. The van der Waals surface area contributed by atoms with E-state index in [4.69, 9.17) is 0 Å². The maximum absolute atomic E-state index is 11.6. The van der Waals surface area contributed by atoms with Gasteiger partial charge in [-0.15, -0.1) is 11.3 Å². The standard InChI is InChI=1S/C13H22N2O2S2/c1-14-6-2-5-12-9-15-13(18-12)8-11-4-3-7-19(16,17)10-11/h9,11,14H,2-8,10H2,1H3. The number of thiazole rings is 1. The fraction of sp³-hybridized carbons (Fsp3) is 0.769. The van der Waals surface area contributed by atoms with Crippen LogP contribution >= 0.6 is 11.3 Å². The van der Waals surface area contributed by atoms with Crippen LogP contribution in [0, 0.1) is 5.92 Å². The van der Waals surface area contributed by atoms with E-state index in [0.717, 1.165) is 43.7 Å². The van der Waals surface area contributed by atoms with E-state index in [1.807, 2.05) is 13.2 Å². The first-order chi connectivity index (χ1) is 9.09. The van der Waals surface area contributed by atoms with Crippen LogP contribution in [0.5, 0.6) is 0 Å². The molecule has 1 aromatic rings. The summed E-state index contributed by atoms with van der Waals surface area (Å²) in [5, 5.41) is 4.24. The number of aryl methyl sites for hydroxylation is 1. The molecule has 1 aliphatic heterocycles. The fourth-order valence-electron chi connectivity index (χ4n) is 2.52. The molecule has 1 aliphatic rings. The van der Waals surface area contributed by atoms with Crippen LogP contribution in [0.2, 0.25) is 0 Å². The van der Waals surface area contributed by atoms with Gasteiger partial charge in [-0.25, -0.2) is 13.4 Å². The Bertz CT molecular complexity index is 496. The summed E-state index contributed by atoms with van der Waals surface area (Å²) < 4.78 is 23.2. The van der Waals surface area contributed by atoms with Crippen LogP contribution in [0.25, 0.3) is 0 Å². The molecule has 1 fully saturated rings. The van der Waals surface area contributed by atoms with Gasteiger partial charge in [-0.1, -0.05) is 0 Å². The summed E-state index contributed by atoms with van der Waals surface area (Å²) in [6.07, 6.45) is 6.79. The minimum atomic E-state index is -2.79. The van der Waals surface area contributed by atoms with Crippen molar-refractivity contribution in [2.45, 2.75) is 32.1 Å². The van der Waals surface area contributed by atoms with Gasteiger partial charge >= 0.3 is 0 Å². The number of hydrogen-bond acceptors (Lipinski definition) is 5. The quantitative estimate of drug-likeness (QED) is 0.812. The third-order valence-corrected chi connectivity index (χ3v) is 6.44. The summed E-state index contributed by atoms with van der Waals surface area (Å²) in [6, 6.07) is 0. The lowest BCUT2D eigenvalue weighted by Crippen LogP contribution is -2.26. The van der Waals surface area contributed by atoms with Gasteiger partial charge in [0.05, 0.1) is 16.5 Å². The Morgan fingerprint density at radius 1 is 1.53 bits per heavy atom. The molecule has 0 spiro atoms. The van der Waals surface area contributed by atoms with Crippen LogP contribution < -0.4 is 5.32 Å². The highest BCUT2D eigenvalue weighted by molar-refractivity contribution is 7.91. The van der Waals surface area contributed by atoms with Crippen molar-refractivity contribution in [3.63, 3.8) is 0 Å². The van der Waals surface area contributed by atoms with E-state index >= 15 is 0 Å². The third-order valence-electron chi connectivity index (χ3n) is 3.47. The first-order valence-electron chi connectivity index (χ1n) is 6.87. The molecule has 108 valence electrons. The van der Waals surface area contributed by atoms with Crippen molar-refractivity contribution in [2.75, 3.05) is 25.1 Å². The molecule has 0 radical (unpaired) electrons. The Morgan fingerprint density at radius 3 is 3.11 bits per heavy atom. The van der Waals surface area contributed by atoms with Gasteiger partial charge in [-0.2, -0.15) is 0 Å². The Balaban J connectivity index is 1.85. The molecule has 6 heteroatoms. The van der Waals surface area contributed by atoms with E-state index < -0.39 is 9.84 Å². The zero-order chi connectivity index (χ0) is 13.7. The summed E-state index contributed by atoms with van der Waals surface area (Å²) in [5.74, 6) is 0.994. The summed E-state index contributed by atoms with van der Waals surface area (Å²) in [6.45, 7) is 1.02. The molecule has 0 saturated carbocycles. The summed E-state index contributed by atoms with van der Waals surface area (Å²) in [5.41, 5.74) is 0. The van der Waals surface area contributed by atoms with Crippen molar-refractivity contribution in [1.29, 1.82) is 0 Å². The first-order valence-corrected chi connectivity index (χ1v) is 9.51. The number of sulfone groups is 1. The monoisotopic (exact) mass is 302 g/mol. The second-order valence-corrected chi connectivity index (χ2v) is 8.68. The lowest BCUT2D eigenvalue weighted by atomic mass is 10.0. The zero-order valence-electron chi connectivity index (χ0n) is 11.4. The molecule has 0 aliphatic carbocycles. The molecular formula is C13H22N2O2S2. The minimum Gasteiger partial charge on any atom is -0.320 e. The molecule has 1 aromatic heterocycles. The highest BCUT2D eigenvalue weighted by Gasteiger charge is 2.25. The van der Waals surface area contributed by atoms with Crippen LogP contribution in [0.4, 0.5) is 0 Å². The summed E-state index contributed by atoms with van der Waals surface area (Å²) >= 11 is 1.74. The van der Waals surface area contributed by atoms with Crippen LogP contribution in [0.15, 0.2) is 6.20 Å². The largest absolute Gasteiger partial charge is 0.320 e. The average Bonchev–Trinajstić information content (AvgIpc) is 2.76. The van der Waals surface area contributed by atoms with Crippen LogP contribution in [0.3, 0.4) is 0 Å². The molecule has 19 heavy (non-hydrogen) atoms. The van der Waals surface area contributed by atoms with Crippen molar-refractivity contribution in [1.82, 2.24) is 10.3 Å². The maximum atomic E-state index is 11.6. The van der Waals surface area contributed by atoms with Crippen LogP contribution in [-0.2, 0) is 22.7 Å². The maximum Gasteiger partial charge on any atom is 0.150 e. The van der Waals surface area contributed by atoms with E-state index in [2.05, 4.69) is 10.3 Å². The SMILES string of the molecule is CNCCCc1cnc(CC2CCCS(=O)(=O)C2)s1. The van der Waals surface area contributed by atoms with Crippen LogP contribution in [-0.4, -0.2) is 38.5 Å². The van der Waals surface area contributed by atoms with E-state index in [9.17, 15) is 8.42 Å². The Kier molecular flexibility index (Phi) is 5.36. The predicted octanol–water partition coefficient (Wildman–Crippen LogP) is 1.66. The fourth-order valence-corrected chi connectivity index (χ4v) is 5.38. The van der Waals surface area contributed by atoms with Crippen molar-refractivity contribution in [3.8, 4) is 0 Å². The van der Waals surface area contributed by atoms with Gasteiger partial charge in [0.1, 0.15) is 0 Å². The minimum absolute atomic E-state index is 0.273. The molecule has 0 bridgehead atoms. The van der Waals surface area contributed by atoms with Gasteiger partial charge in [0.15, 0.2) is 9.84 Å². The lowest BCUT2D eigenvalue weighted by molar-refractivity contribution is 0.483. The van der Waals surface area contributed by atoms with E-state index in [1.165, 1.54) is 4.88 Å². The number of aromatic nitrogens is 1. The van der Waals surface area contributed by atoms with E-state index in [0.29, 0.717) is 11.5 Å². The van der Waals surface area contributed by atoms with Crippen molar-refractivity contribution in [3.05, 3.63) is 16.1 Å². The molecule has 1 saturated heterocycles. The predicted molar refractivity (Wildman–Crippen MR) is 79.4 cm³/mol. The van der Waals surface area contributed by atoms with Gasteiger partial charge in [0.25, 0.3) is 0 Å². The van der Waals surface area contributed by atoms with E-state index in [1.54, 1.807) is 11.3 Å². The number of nitrogens with zero attached hydrogens (tertiary/aromatic N) is 1. The highest BCUT2D eigenvalue weighted by Crippen LogP contribution is 2.24. The summed E-state index contributed by atoms with van der Waals surface area (Å²) in [7, 11) is -0.834. The van der Waals surface area contributed by atoms with Crippen LogP contribution in [0.1, 0.15) is 29.1 Å². The third kappa shape index (κ3) is 4.85. The Morgan fingerprint density at radius 2 is 2.37 bits per heavy atom. The normalized spacial score (nSPS) is 22.5. The summed E-state index contributed by atoms with van der Waals surface area (Å²) in [4.78, 5) is 5.75. The Hall–Kier alpha value is -0.460. The zero-order valence-corrected chi connectivity index (χ0v) is 13.0. The van der Waals surface area contributed by atoms with Gasteiger partial charge in [-0.3, -0.25) is 0 Å². The number of hydrogen-bond donors (Lipinski definition) is 1. The van der Waals surface area contributed by atoms with Crippen molar-refractivity contribution >= 4 is 21.2 Å². The Labute approximate surface area is 119 Å². The molecular weight excluding hydrogens is 280 g/mol. The molecule has 0 amide bonds. The number of nitrogens with one attached hydrogen (secondary N) is 1. The van der Waals surface area contributed by atoms with Crippen molar-refractivity contribution in [2.24, 2.45) is 5.92 Å². The molecule has 2 rings (SSSR count). The number of rotatable bonds is 6. The van der Waals surface area contributed by atoms with E-state index in [-0.39, 0.29) is 5.92 Å². The van der Waals surface area contributed by atoms with Gasteiger partial charge in [0.2, 0.25) is 0 Å². The lowest BCUT2D eigenvalue weighted by Gasteiger charge is -2.20.